The third-order valence-corrected chi connectivity index (χ3v) is 3.21. The second-order valence-electron chi connectivity index (χ2n) is 4.02. The van der Waals surface area contributed by atoms with Crippen molar-refractivity contribution in [1.82, 2.24) is 0 Å². The topological polar surface area (TPSA) is 20.2 Å². The van der Waals surface area contributed by atoms with Gasteiger partial charge in [0.2, 0.25) is 0 Å². The SMILES string of the molecule is CC1C(C)C1(O)C#Cc1ccccc1. The van der Waals surface area contributed by atoms with E-state index >= 15 is 0 Å². The Morgan fingerprint density at radius 1 is 1.14 bits per heavy atom. The van der Waals surface area contributed by atoms with Crippen LogP contribution in [-0.2, 0) is 0 Å². The molecule has 1 aromatic rings. The highest BCUT2D eigenvalue weighted by Gasteiger charge is 2.57. The molecule has 1 heteroatoms. The lowest BCUT2D eigenvalue weighted by molar-refractivity contribution is 0.184. The summed E-state index contributed by atoms with van der Waals surface area (Å²) < 4.78 is 0. The molecule has 1 aliphatic rings. The predicted molar refractivity (Wildman–Crippen MR) is 56.6 cm³/mol. The summed E-state index contributed by atoms with van der Waals surface area (Å²) in [6.07, 6.45) is 0. The number of hydrogen-bond donors (Lipinski definition) is 1. The number of aliphatic hydroxyl groups is 1. The minimum atomic E-state index is -0.740. The molecular weight excluding hydrogens is 172 g/mol. The Hall–Kier alpha value is -1.26. The average Bonchev–Trinajstić information content (AvgIpc) is 2.69. The van der Waals surface area contributed by atoms with Gasteiger partial charge >= 0.3 is 0 Å². The molecular formula is C13H14O. The van der Waals surface area contributed by atoms with E-state index in [1.807, 2.05) is 44.2 Å². The third-order valence-electron chi connectivity index (χ3n) is 3.21. The van der Waals surface area contributed by atoms with E-state index in [1.54, 1.807) is 0 Å². The van der Waals surface area contributed by atoms with Crippen LogP contribution in [0.3, 0.4) is 0 Å². The highest BCUT2D eigenvalue weighted by Crippen LogP contribution is 2.49. The fraction of sp³-hybridized carbons (Fsp3) is 0.385. The van der Waals surface area contributed by atoms with Crippen molar-refractivity contribution in [1.29, 1.82) is 0 Å². The maximum atomic E-state index is 9.95. The van der Waals surface area contributed by atoms with Gasteiger partial charge in [-0.1, -0.05) is 43.9 Å². The van der Waals surface area contributed by atoms with Gasteiger partial charge in [-0.3, -0.25) is 0 Å². The standard InChI is InChI=1S/C13H14O/c1-10-11(2)13(10,14)9-8-12-6-4-3-5-7-12/h3-7,10-11,14H,1-2H3. The monoisotopic (exact) mass is 186 g/mol. The molecule has 1 aliphatic carbocycles. The van der Waals surface area contributed by atoms with Crippen LogP contribution in [0.2, 0.25) is 0 Å². The molecule has 1 saturated carbocycles. The van der Waals surface area contributed by atoms with Gasteiger partial charge in [-0.05, 0) is 12.1 Å². The molecule has 2 rings (SSSR count). The van der Waals surface area contributed by atoms with E-state index in [-0.39, 0.29) is 0 Å². The molecule has 0 bridgehead atoms. The Morgan fingerprint density at radius 3 is 2.21 bits per heavy atom. The van der Waals surface area contributed by atoms with E-state index in [9.17, 15) is 5.11 Å². The first-order valence-electron chi connectivity index (χ1n) is 4.95. The van der Waals surface area contributed by atoms with Crippen molar-refractivity contribution in [3.05, 3.63) is 35.9 Å². The molecule has 0 saturated heterocycles. The molecule has 1 N–H and O–H groups in total. The fourth-order valence-electron chi connectivity index (χ4n) is 1.68. The molecule has 1 nitrogen and oxygen atoms in total. The van der Waals surface area contributed by atoms with Gasteiger partial charge in [0.15, 0.2) is 0 Å². The molecule has 2 atom stereocenters. The normalized spacial score (nSPS) is 34.5. The predicted octanol–water partition coefficient (Wildman–Crippen LogP) is 2.05. The molecule has 1 aromatic carbocycles. The van der Waals surface area contributed by atoms with Crippen LogP contribution >= 0.6 is 0 Å². The van der Waals surface area contributed by atoms with Gasteiger partial charge in [0, 0.05) is 17.4 Å². The van der Waals surface area contributed by atoms with Crippen LogP contribution in [0.15, 0.2) is 30.3 Å². The first-order valence-corrected chi connectivity index (χ1v) is 4.95. The summed E-state index contributed by atoms with van der Waals surface area (Å²) in [5.41, 5.74) is 0.225. The fourth-order valence-corrected chi connectivity index (χ4v) is 1.68. The maximum absolute atomic E-state index is 9.95. The molecule has 0 spiro atoms. The van der Waals surface area contributed by atoms with Gasteiger partial charge in [0.1, 0.15) is 5.60 Å². The van der Waals surface area contributed by atoms with Crippen molar-refractivity contribution >= 4 is 0 Å². The van der Waals surface area contributed by atoms with Crippen LogP contribution < -0.4 is 0 Å². The van der Waals surface area contributed by atoms with Crippen LogP contribution in [0.5, 0.6) is 0 Å². The van der Waals surface area contributed by atoms with Gasteiger partial charge < -0.3 is 5.11 Å². The van der Waals surface area contributed by atoms with Crippen molar-refractivity contribution in [2.45, 2.75) is 19.4 Å². The lowest BCUT2D eigenvalue weighted by Crippen LogP contribution is -2.07. The van der Waals surface area contributed by atoms with Crippen molar-refractivity contribution in [2.75, 3.05) is 0 Å². The summed E-state index contributed by atoms with van der Waals surface area (Å²) in [6.45, 7) is 4.06. The third kappa shape index (κ3) is 1.42. The Labute approximate surface area is 84.8 Å². The summed E-state index contributed by atoms with van der Waals surface area (Å²) >= 11 is 0. The van der Waals surface area contributed by atoms with E-state index < -0.39 is 5.60 Å². The Kier molecular flexibility index (Phi) is 2.09. The van der Waals surface area contributed by atoms with Crippen molar-refractivity contribution in [3.63, 3.8) is 0 Å². The van der Waals surface area contributed by atoms with Crippen LogP contribution in [-0.4, -0.2) is 10.7 Å². The van der Waals surface area contributed by atoms with Crippen molar-refractivity contribution in [2.24, 2.45) is 11.8 Å². The smallest absolute Gasteiger partial charge is 0.131 e. The Balaban J connectivity index is 2.17. The van der Waals surface area contributed by atoms with E-state index in [4.69, 9.17) is 0 Å². The minimum absolute atomic E-state index is 0.304. The second-order valence-corrected chi connectivity index (χ2v) is 4.02. The zero-order chi connectivity index (χ0) is 10.2. The van der Waals surface area contributed by atoms with E-state index in [2.05, 4.69) is 11.8 Å². The molecule has 0 radical (unpaired) electrons. The van der Waals surface area contributed by atoms with E-state index in [1.165, 1.54) is 0 Å². The largest absolute Gasteiger partial charge is 0.377 e. The van der Waals surface area contributed by atoms with Gasteiger partial charge in [-0.25, -0.2) is 0 Å². The molecule has 0 heterocycles. The second kappa shape index (κ2) is 3.15. The summed E-state index contributed by atoms with van der Waals surface area (Å²) in [5.74, 6) is 6.57. The Bertz CT molecular complexity index is 375. The van der Waals surface area contributed by atoms with Crippen LogP contribution in [0, 0.1) is 23.7 Å². The Morgan fingerprint density at radius 2 is 1.71 bits per heavy atom. The molecule has 0 amide bonds. The summed E-state index contributed by atoms with van der Waals surface area (Å²) in [5, 5.41) is 9.95. The van der Waals surface area contributed by atoms with Gasteiger partial charge in [0.05, 0.1) is 0 Å². The van der Waals surface area contributed by atoms with E-state index in [0.29, 0.717) is 11.8 Å². The van der Waals surface area contributed by atoms with E-state index in [0.717, 1.165) is 5.56 Å². The van der Waals surface area contributed by atoms with Crippen LogP contribution in [0.25, 0.3) is 0 Å². The molecule has 1 fully saturated rings. The molecule has 2 unspecified atom stereocenters. The van der Waals surface area contributed by atoms with Gasteiger partial charge in [-0.15, -0.1) is 0 Å². The first-order chi connectivity index (χ1) is 6.64. The maximum Gasteiger partial charge on any atom is 0.131 e. The molecule has 14 heavy (non-hydrogen) atoms. The highest BCUT2D eigenvalue weighted by molar-refractivity contribution is 5.39. The van der Waals surface area contributed by atoms with Crippen molar-refractivity contribution in [3.8, 4) is 11.8 Å². The molecule has 0 aliphatic heterocycles. The zero-order valence-electron chi connectivity index (χ0n) is 8.49. The highest BCUT2D eigenvalue weighted by atomic mass is 16.3. The zero-order valence-corrected chi connectivity index (χ0v) is 8.49. The summed E-state index contributed by atoms with van der Waals surface area (Å²) in [4.78, 5) is 0. The van der Waals surface area contributed by atoms with Crippen LogP contribution in [0.1, 0.15) is 19.4 Å². The summed E-state index contributed by atoms with van der Waals surface area (Å²) in [6, 6.07) is 9.77. The minimum Gasteiger partial charge on any atom is -0.377 e. The summed E-state index contributed by atoms with van der Waals surface area (Å²) in [7, 11) is 0. The number of hydrogen-bond acceptors (Lipinski definition) is 1. The first kappa shape index (κ1) is 9.30. The van der Waals surface area contributed by atoms with Crippen molar-refractivity contribution < 1.29 is 5.11 Å². The van der Waals surface area contributed by atoms with Gasteiger partial charge in [-0.2, -0.15) is 0 Å². The lowest BCUT2D eigenvalue weighted by Gasteiger charge is -1.96. The lowest BCUT2D eigenvalue weighted by atomic mass is 10.2. The van der Waals surface area contributed by atoms with Gasteiger partial charge in [0.25, 0.3) is 0 Å². The molecule has 72 valence electrons. The number of rotatable bonds is 0. The number of benzene rings is 1. The average molecular weight is 186 g/mol. The quantitative estimate of drug-likeness (QED) is 0.615. The van der Waals surface area contributed by atoms with Crippen LogP contribution in [0.4, 0.5) is 0 Å². The molecule has 0 aromatic heterocycles.